The van der Waals surface area contributed by atoms with Gasteiger partial charge in [0, 0.05) is 21.5 Å². The van der Waals surface area contributed by atoms with Crippen molar-refractivity contribution in [3.8, 4) is 0 Å². The number of rotatable bonds is 3. The van der Waals surface area contributed by atoms with Crippen LogP contribution in [0.1, 0.15) is 28.8 Å². The van der Waals surface area contributed by atoms with Crippen LogP contribution in [-0.4, -0.2) is 5.78 Å². The van der Waals surface area contributed by atoms with Gasteiger partial charge in [0.25, 0.3) is 0 Å². The fourth-order valence-corrected chi connectivity index (χ4v) is 2.36. The smallest absolute Gasteiger partial charge is 0.229 e. The van der Waals surface area contributed by atoms with Gasteiger partial charge < -0.3 is 4.42 Å². The molecule has 0 radical (unpaired) electrons. The van der Waals surface area contributed by atoms with Crippen LogP contribution in [0.3, 0.4) is 0 Å². The van der Waals surface area contributed by atoms with E-state index in [1.807, 2.05) is 13.0 Å². The number of aryl methyl sites for hydroxylation is 1. The topological polar surface area (TPSA) is 30.2 Å². The van der Waals surface area contributed by atoms with Crippen molar-refractivity contribution in [1.82, 2.24) is 0 Å². The van der Waals surface area contributed by atoms with Gasteiger partial charge >= 0.3 is 0 Å². The Labute approximate surface area is 113 Å². The molecule has 0 spiro atoms. The first-order valence-corrected chi connectivity index (χ1v) is 6.37. The van der Waals surface area contributed by atoms with Gasteiger partial charge in [-0.1, -0.05) is 18.5 Å². The molecule has 0 N–H and O–H groups in total. The van der Waals surface area contributed by atoms with Crippen LogP contribution in [0.4, 0.5) is 0 Å². The van der Waals surface area contributed by atoms with Crippen molar-refractivity contribution in [2.24, 2.45) is 0 Å². The van der Waals surface area contributed by atoms with Gasteiger partial charge in [-0.05, 0) is 46.3 Å². The Bertz CT molecular complexity index is 560. The van der Waals surface area contributed by atoms with E-state index in [2.05, 4.69) is 15.9 Å². The summed E-state index contributed by atoms with van der Waals surface area (Å²) in [5, 5.41) is 0.585. The molecule has 0 bridgehead atoms. The molecule has 0 aliphatic carbocycles. The van der Waals surface area contributed by atoms with Gasteiger partial charge in [-0.25, -0.2) is 0 Å². The molecule has 2 rings (SSSR count). The third-order valence-electron chi connectivity index (χ3n) is 2.41. The van der Waals surface area contributed by atoms with E-state index < -0.39 is 0 Å². The molecule has 2 nitrogen and oxygen atoms in total. The standard InChI is InChI=1S/C13H10BrClO2/c1-2-9-4-6-12(17-9)13(16)10-5-3-8(15)7-11(10)14/h3-7H,2H2,1H3. The minimum Gasteiger partial charge on any atom is -0.458 e. The van der Waals surface area contributed by atoms with E-state index in [9.17, 15) is 4.79 Å². The third-order valence-corrected chi connectivity index (χ3v) is 3.30. The van der Waals surface area contributed by atoms with Crippen LogP contribution in [0.2, 0.25) is 5.02 Å². The van der Waals surface area contributed by atoms with Crippen LogP contribution in [-0.2, 0) is 6.42 Å². The minimum atomic E-state index is -0.145. The zero-order valence-electron chi connectivity index (χ0n) is 9.17. The largest absolute Gasteiger partial charge is 0.458 e. The third kappa shape index (κ3) is 2.61. The number of hydrogen-bond acceptors (Lipinski definition) is 2. The van der Waals surface area contributed by atoms with E-state index in [4.69, 9.17) is 16.0 Å². The molecule has 0 atom stereocenters. The lowest BCUT2D eigenvalue weighted by atomic mass is 10.1. The molecule has 88 valence electrons. The highest BCUT2D eigenvalue weighted by Gasteiger charge is 2.16. The lowest BCUT2D eigenvalue weighted by Gasteiger charge is -2.01. The van der Waals surface area contributed by atoms with Gasteiger partial charge in [-0.2, -0.15) is 0 Å². The first kappa shape index (κ1) is 12.4. The molecule has 0 aliphatic heterocycles. The molecule has 2 aromatic rings. The number of ketones is 1. The highest BCUT2D eigenvalue weighted by molar-refractivity contribution is 9.10. The van der Waals surface area contributed by atoms with Gasteiger partial charge in [-0.15, -0.1) is 0 Å². The summed E-state index contributed by atoms with van der Waals surface area (Å²) >= 11 is 9.15. The van der Waals surface area contributed by atoms with Crippen molar-refractivity contribution in [2.45, 2.75) is 13.3 Å². The van der Waals surface area contributed by atoms with Crippen LogP contribution >= 0.6 is 27.5 Å². The summed E-state index contributed by atoms with van der Waals surface area (Å²) in [4.78, 5) is 12.1. The Kier molecular flexibility index (Phi) is 3.69. The van der Waals surface area contributed by atoms with Gasteiger partial charge in [-0.3, -0.25) is 4.79 Å². The quantitative estimate of drug-likeness (QED) is 0.782. The summed E-state index contributed by atoms with van der Waals surface area (Å²) < 4.78 is 6.10. The molecule has 0 unspecified atom stereocenters. The molecule has 1 aromatic carbocycles. The molecule has 0 amide bonds. The molecule has 0 aliphatic rings. The summed E-state index contributed by atoms with van der Waals surface area (Å²) in [7, 11) is 0. The fraction of sp³-hybridized carbons (Fsp3) is 0.154. The lowest BCUT2D eigenvalue weighted by molar-refractivity contribution is 0.101. The van der Waals surface area contributed by atoms with Crippen molar-refractivity contribution >= 4 is 33.3 Å². The SMILES string of the molecule is CCc1ccc(C(=O)c2ccc(Cl)cc2Br)o1. The van der Waals surface area contributed by atoms with E-state index in [1.165, 1.54) is 0 Å². The normalized spacial score (nSPS) is 10.5. The van der Waals surface area contributed by atoms with E-state index in [1.54, 1.807) is 24.3 Å². The lowest BCUT2D eigenvalue weighted by Crippen LogP contribution is -2.00. The molecule has 0 saturated heterocycles. The van der Waals surface area contributed by atoms with Crippen molar-refractivity contribution in [2.75, 3.05) is 0 Å². The number of carbonyl (C=O) groups excluding carboxylic acids is 1. The Hall–Kier alpha value is -1.06. The monoisotopic (exact) mass is 312 g/mol. The zero-order chi connectivity index (χ0) is 12.4. The fourth-order valence-electron chi connectivity index (χ4n) is 1.50. The molecule has 0 fully saturated rings. The summed E-state index contributed by atoms with van der Waals surface area (Å²) in [6, 6.07) is 8.57. The van der Waals surface area contributed by atoms with Crippen molar-refractivity contribution in [3.63, 3.8) is 0 Å². The second-order valence-electron chi connectivity index (χ2n) is 3.57. The Balaban J connectivity index is 2.36. The number of furan rings is 1. The molecule has 1 aromatic heterocycles. The van der Waals surface area contributed by atoms with Crippen LogP contribution in [0.5, 0.6) is 0 Å². The number of hydrogen-bond donors (Lipinski definition) is 0. The van der Waals surface area contributed by atoms with Crippen molar-refractivity contribution in [1.29, 1.82) is 0 Å². The maximum absolute atomic E-state index is 12.1. The molecule has 1 heterocycles. The van der Waals surface area contributed by atoms with Crippen LogP contribution < -0.4 is 0 Å². The van der Waals surface area contributed by atoms with Crippen LogP contribution in [0.15, 0.2) is 39.2 Å². The summed E-state index contributed by atoms with van der Waals surface area (Å²) in [5.74, 6) is 1.01. The zero-order valence-corrected chi connectivity index (χ0v) is 11.5. The first-order chi connectivity index (χ1) is 8.11. The summed E-state index contributed by atoms with van der Waals surface area (Å²) in [5.41, 5.74) is 0.548. The highest BCUT2D eigenvalue weighted by atomic mass is 79.9. The Morgan fingerprint density at radius 1 is 1.35 bits per heavy atom. The van der Waals surface area contributed by atoms with E-state index in [0.29, 0.717) is 20.8 Å². The van der Waals surface area contributed by atoms with Gasteiger partial charge in [0.2, 0.25) is 5.78 Å². The van der Waals surface area contributed by atoms with Gasteiger partial charge in [0.15, 0.2) is 5.76 Å². The summed E-state index contributed by atoms with van der Waals surface area (Å²) in [6.07, 6.45) is 0.773. The second-order valence-corrected chi connectivity index (χ2v) is 4.86. The molecule has 4 heteroatoms. The number of halogens is 2. The van der Waals surface area contributed by atoms with E-state index in [-0.39, 0.29) is 5.78 Å². The van der Waals surface area contributed by atoms with E-state index >= 15 is 0 Å². The van der Waals surface area contributed by atoms with Crippen LogP contribution in [0, 0.1) is 0 Å². The molecular formula is C13H10BrClO2. The van der Waals surface area contributed by atoms with Gasteiger partial charge in [0.05, 0.1) is 0 Å². The van der Waals surface area contributed by atoms with Crippen molar-refractivity contribution < 1.29 is 9.21 Å². The van der Waals surface area contributed by atoms with Crippen molar-refractivity contribution in [3.05, 3.63) is 56.9 Å². The van der Waals surface area contributed by atoms with Crippen LogP contribution in [0.25, 0.3) is 0 Å². The number of benzene rings is 1. The average molecular weight is 314 g/mol. The summed E-state index contributed by atoms with van der Waals surface area (Å²) in [6.45, 7) is 1.98. The Morgan fingerprint density at radius 3 is 2.71 bits per heavy atom. The first-order valence-electron chi connectivity index (χ1n) is 5.20. The maximum Gasteiger partial charge on any atom is 0.229 e. The predicted octanol–water partition coefficient (Wildman–Crippen LogP) is 4.49. The average Bonchev–Trinajstić information content (AvgIpc) is 2.76. The molecule has 0 saturated carbocycles. The number of carbonyl (C=O) groups is 1. The Morgan fingerprint density at radius 2 is 2.12 bits per heavy atom. The maximum atomic E-state index is 12.1. The second kappa shape index (κ2) is 5.07. The molecular weight excluding hydrogens is 303 g/mol. The predicted molar refractivity (Wildman–Crippen MR) is 70.7 cm³/mol. The minimum absolute atomic E-state index is 0.145. The van der Waals surface area contributed by atoms with Gasteiger partial charge in [0.1, 0.15) is 5.76 Å². The molecule has 17 heavy (non-hydrogen) atoms. The highest BCUT2D eigenvalue weighted by Crippen LogP contribution is 2.24. The van der Waals surface area contributed by atoms with E-state index in [0.717, 1.165) is 12.2 Å².